The molecule has 0 heterocycles. The van der Waals surface area contributed by atoms with Crippen LogP contribution in [0, 0.1) is 11.7 Å². The number of hydrogen-bond donors (Lipinski definition) is 1. The van der Waals surface area contributed by atoms with Gasteiger partial charge in [-0.1, -0.05) is 26.0 Å². The molecule has 1 rings (SSSR count). The molecule has 0 radical (unpaired) electrons. The second kappa shape index (κ2) is 8.18. The van der Waals surface area contributed by atoms with E-state index in [-0.39, 0.29) is 5.82 Å². The third-order valence-electron chi connectivity index (χ3n) is 2.68. The van der Waals surface area contributed by atoms with E-state index in [0.29, 0.717) is 16.4 Å². The van der Waals surface area contributed by atoms with E-state index >= 15 is 0 Å². The van der Waals surface area contributed by atoms with Crippen molar-refractivity contribution in [3.05, 3.63) is 34.1 Å². The van der Waals surface area contributed by atoms with Crippen LogP contribution in [0.2, 0.25) is 0 Å². The van der Waals surface area contributed by atoms with E-state index in [2.05, 4.69) is 35.1 Å². The molecule has 0 saturated heterocycles. The Morgan fingerprint density at radius 3 is 2.67 bits per heavy atom. The SMILES string of the molecule is CNC(CSCC(C)C)Cc1cccc(F)c1Br. The molecule has 1 nitrogen and oxygen atoms in total. The van der Waals surface area contributed by atoms with Crippen LogP contribution in [0.5, 0.6) is 0 Å². The van der Waals surface area contributed by atoms with Crippen molar-refractivity contribution in [2.75, 3.05) is 18.6 Å². The lowest BCUT2D eigenvalue weighted by Gasteiger charge is -2.17. The molecule has 0 bridgehead atoms. The number of nitrogens with one attached hydrogen (secondary N) is 1. The Labute approximate surface area is 122 Å². The third kappa shape index (κ3) is 5.29. The van der Waals surface area contributed by atoms with Crippen LogP contribution in [0.25, 0.3) is 0 Å². The lowest BCUT2D eigenvalue weighted by molar-refractivity contribution is 0.596. The summed E-state index contributed by atoms with van der Waals surface area (Å²) < 4.78 is 14.0. The number of rotatable bonds is 7. The summed E-state index contributed by atoms with van der Waals surface area (Å²) in [4.78, 5) is 0. The highest BCUT2D eigenvalue weighted by molar-refractivity contribution is 9.10. The standard InChI is InChI=1S/C14H21BrFNS/c1-10(2)8-18-9-12(17-3)7-11-5-4-6-13(16)14(11)15/h4-6,10,12,17H,7-9H2,1-3H3. The van der Waals surface area contributed by atoms with Gasteiger partial charge in [-0.05, 0) is 52.7 Å². The number of benzene rings is 1. The van der Waals surface area contributed by atoms with Gasteiger partial charge in [-0.15, -0.1) is 0 Å². The molecule has 0 aliphatic rings. The molecule has 1 aromatic rings. The molecule has 0 aliphatic heterocycles. The maximum atomic E-state index is 13.4. The van der Waals surface area contributed by atoms with E-state index in [1.54, 1.807) is 6.07 Å². The van der Waals surface area contributed by atoms with E-state index in [0.717, 1.165) is 17.7 Å². The first-order chi connectivity index (χ1) is 8.54. The van der Waals surface area contributed by atoms with Crippen molar-refractivity contribution in [3.63, 3.8) is 0 Å². The van der Waals surface area contributed by atoms with Crippen LogP contribution in [-0.4, -0.2) is 24.6 Å². The molecule has 1 atom stereocenters. The summed E-state index contributed by atoms with van der Waals surface area (Å²) in [7, 11) is 1.97. The minimum absolute atomic E-state index is 0.183. The molecule has 1 unspecified atom stereocenters. The predicted octanol–water partition coefficient (Wildman–Crippen LogP) is 4.11. The van der Waals surface area contributed by atoms with Crippen molar-refractivity contribution >= 4 is 27.7 Å². The van der Waals surface area contributed by atoms with Crippen LogP contribution < -0.4 is 5.32 Å². The van der Waals surface area contributed by atoms with Gasteiger partial charge in [-0.3, -0.25) is 0 Å². The van der Waals surface area contributed by atoms with Crippen molar-refractivity contribution in [1.82, 2.24) is 5.32 Å². The Balaban J connectivity index is 2.54. The van der Waals surface area contributed by atoms with Crippen LogP contribution in [0.15, 0.2) is 22.7 Å². The molecule has 18 heavy (non-hydrogen) atoms. The Morgan fingerprint density at radius 2 is 2.06 bits per heavy atom. The van der Waals surface area contributed by atoms with Crippen LogP contribution >= 0.6 is 27.7 Å². The van der Waals surface area contributed by atoms with Gasteiger partial charge in [-0.25, -0.2) is 4.39 Å². The molecule has 0 spiro atoms. The highest BCUT2D eigenvalue weighted by Crippen LogP contribution is 2.22. The molecule has 1 aromatic carbocycles. The van der Waals surface area contributed by atoms with Crippen molar-refractivity contribution in [2.24, 2.45) is 5.92 Å². The van der Waals surface area contributed by atoms with Gasteiger partial charge < -0.3 is 5.32 Å². The Kier molecular flexibility index (Phi) is 7.27. The normalized spacial score (nSPS) is 13.0. The highest BCUT2D eigenvalue weighted by atomic mass is 79.9. The van der Waals surface area contributed by atoms with Crippen LogP contribution in [0.3, 0.4) is 0 Å². The van der Waals surface area contributed by atoms with Gasteiger partial charge in [0.05, 0.1) is 4.47 Å². The smallest absolute Gasteiger partial charge is 0.137 e. The largest absolute Gasteiger partial charge is 0.316 e. The average Bonchev–Trinajstić information content (AvgIpc) is 2.33. The molecular formula is C14H21BrFNS. The summed E-state index contributed by atoms with van der Waals surface area (Å²) in [6.07, 6.45) is 0.847. The third-order valence-corrected chi connectivity index (χ3v) is 5.10. The number of likely N-dealkylation sites (N-methyl/N-ethyl adjacent to an activating group) is 1. The van der Waals surface area contributed by atoms with Gasteiger partial charge in [0.15, 0.2) is 0 Å². The van der Waals surface area contributed by atoms with Crippen molar-refractivity contribution in [3.8, 4) is 0 Å². The molecule has 4 heteroatoms. The Morgan fingerprint density at radius 1 is 1.33 bits per heavy atom. The molecule has 0 aromatic heterocycles. The zero-order valence-corrected chi connectivity index (χ0v) is 13.6. The second-order valence-corrected chi connectivity index (χ2v) is 6.70. The van der Waals surface area contributed by atoms with Crippen LogP contribution in [0.4, 0.5) is 4.39 Å². The number of thioether (sulfide) groups is 1. The number of halogens is 2. The van der Waals surface area contributed by atoms with Crippen LogP contribution in [0.1, 0.15) is 19.4 Å². The van der Waals surface area contributed by atoms with E-state index in [4.69, 9.17) is 0 Å². The average molecular weight is 334 g/mol. The molecule has 0 fully saturated rings. The second-order valence-electron chi connectivity index (χ2n) is 4.83. The molecule has 0 amide bonds. The highest BCUT2D eigenvalue weighted by Gasteiger charge is 2.12. The summed E-state index contributed by atoms with van der Waals surface area (Å²) >= 11 is 5.27. The topological polar surface area (TPSA) is 12.0 Å². The van der Waals surface area contributed by atoms with Gasteiger partial charge in [0, 0.05) is 11.8 Å². The van der Waals surface area contributed by atoms with E-state index in [9.17, 15) is 4.39 Å². The lowest BCUT2D eigenvalue weighted by atomic mass is 10.1. The zero-order chi connectivity index (χ0) is 13.5. The van der Waals surface area contributed by atoms with Gasteiger partial charge >= 0.3 is 0 Å². The van der Waals surface area contributed by atoms with Gasteiger partial charge in [0.2, 0.25) is 0 Å². The zero-order valence-electron chi connectivity index (χ0n) is 11.2. The molecule has 0 saturated carbocycles. The summed E-state index contributed by atoms with van der Waals surface area (Å²) in [5.74, 6) is 2.76. The molecule has 102 valence electrons. The van der Waals surface area contributed by atoms with Crippen molar-refractivity contribution in [2.45, 2.75) is 26.3 Å². The van der Waals surface area contributed by atoms with Gasteiger partial charge in [0.1, 0.15) is 5.82 Å². The maximum absolute atomic E-state index is 13.4. The van der Waals surface area contributed by atoms with Crippen molar-refractivity contribution in [1.29, 1.82) is 0 Å². The summed E-state index contributed by atoms with van der Waals surface area (Å²) in [6.45, 7) is 4.45. The first-order valence-corrected chi connectivity index (χ1v) is 8.17. The Hall–Kier alpha value is -0.0600. The molecule has 0 aliphatic carbocycles. The Bertz CT molecular complexity index is 371. The van der Waals surface area contributed by atoms with Gasteiger partial charge in [-0.2, -0.15) is 11.8 Å². The minimum atomic E-state index is -0.183. The van der Waals surface area contributed by atoms with E-state index in [1.807, 2.05) is 24.9 Å². The van der Waals surface area contributed by atoms with Gasteiger partial charge in [0.25, 0.3) is 0 Å². The molecule has 1 N–H and O–H groups in total. The van der Waals surface area contributed by atoms with E-state index < -0.39 is 0 Å². The summed E-state index contributed by atoms with van der Waals surface area (Å²) in [5.41, 5.74) is 1.03. The monoisotopic (exact) mass is 333 g/mol. The lowest BCUT2D eigenvalue weighted by Crippen LogP contribution is -2.30. The van der Waals surface area contributed by atoms with Crippen molar-refractivity contribution < 1.29 is 4.39 Å². The fourth-order valence-corrected chi connectivity index (χ4v) is 3.26. The maximum Gasteiger partial charge on any atom is 0.137 e. The molecular weight excluding hydrogens is 313 g/mol. The van der Waals surface area contributed by atoms with E-state index in [1.165, 1.54) is 11.8 Å². The minimum Gasteiger partial charge on any atom is -0.316 e. The first kappa shape index (κ1) is 16.0. The summed E-state index contributed by atoms with van der Waals surface area (Å²) in [5, 5.41) is 3.31. The first-order valence-electron chi connectivity index (χ1n) is 6.22. The van der Waals surface area contributed by atoms with Crippen LogP contribution in [-0.2, 0) is 6.42 Å². The number of hydrogen-bond acceptors (Lipinski definition) is 2. The predicted molar refractivity (Wildman–Crippen MR) is 82.8 cm³/mol. The summed E-state index contributed by atoms with van der Waals surface area (Å²) in [6, 6.07) is 5.61. The fourth-order valence-electron chi connectivity index (χ4n) is 1.66. The quantitative estimate of drug-likeness (QED) is 0.805. The fraction of sp³-hybridized carbons (Fsp3) is 0.571.